The molecule has 160 valence electrons. The number of para-hydroxylation sites is 1. The van der Waals surface area contributed by atoms with Crippen LogP contribution in [0.2, 0.25) is 0 Å². The van der Waals surface area contributed by atoms with Crippen molar-refractivity contribution in [3.63, 3.8) is 0 Å². The summed E-state index contributed by atoms with van der Waals surface area (Å²) in [4.78, 5) is 25.5. The molecule has 0 fully saturated rings. The van der Waals surface area contributed by atoms with Crippen molar-refractivity contribution in [2.45, 2.75) is 38.8 Å². The zero-order chi connectivity index (χ0) is 22.0. The Hall–Kier alpha value is -3.13. The van der Waals surface area contributed by atoms with Crippen molar-refractivity contribution in [1.29, 1.82) is 0 Å². The molecule has 0 bridgehead atoms. The number of carbonyl (C=O) groups excluding carboxylic acids is 1. The van der Waals surface area contributed by atoms with Gasteiger partial charge in [-0.15, -0.1) is 10.2 Å². The first-order chi connectivity index (χ1) is 15.0. The van der Waals surface area contributed by atoms with Crippen LogP contribution < -0.4 is 5.56 Å². The van der Waals surface area contributed by atoms with Gasteiger partial charge in [0.15, 0.2) is 5.16 Å². The third-order valence-corrected chi connectivity index (χ3v) is 5.97. The molecule has 0 N–H and O–H groups in total. The highest BCUT2D eigenvalue weighted by molar-refractivity contribution is 7.99. The van der Waals surface area contributed by atoms with Gasteiger partial charge in [-0.3, -0.25) is 14.0 Å². The van der Waals surface area contributed by atoms with Crippen molar-refractivity contribution in [1.82, 2.24) is 19.2 Å². The molecule has 2 heterocycles. The zero-order valence-corrected chi connectivity index (χ0v) is 18.6. The lowest BCUT2D eigenvalue weighted by atomic mass is 10.1. The second-order valence-corrected chi connectivity index (χ2v) is 8.37. The standard InChI is InChI=1S/C23H24N4O3S/c1-4-5-12-30-20(28)14-31-23-25-24-22-26(18-11-10-15(2)13-16(18)3)21(29)17-8-6-7-9-19(17)27(22)23/h6-11,13H,4-5,12,14H2,1-3H3. The van der Waals surface area contributed by atoms with Crippen LogP contribution in [0.25, 0.3) is 22.4 Å². The van der Waals surface area contributed by atoms with Gasteiger partial charge in [-0.2, -0.15) is 0 Å². The van der Waals surface area contributed by atoms with Crippen LogP contribution in [-0.4, -0.2) is 37.5 Å². The number of rotatable bonds is 7. The van der Waals surface area contributed by atoms with Gasteiger partial charge in [0, 0.05) is 0 Å². The van der Waals surface area contributed by atoms with E-state index in [1.165, 1.54) is 11.8 Å². The molecule has 4 rings (SSSR count). The number of aromatic nitrogens is 4. The predicted octanol–water partition coefficient (Wildman–Crippen LogP) is 4.09. The number of nitrogens with zero attached hydrogens (tertiary/aromatic N) is 4. The Bertz CT molecular complexity index is 1330. The highest BCUT2D eigenvalue weighted by atomic mass is 32.2. The number of unbranched alkanes of at least 4 members (excludes halogenated alkanes) is 1. The molecule has 8 heteroatoms. The molecule has 0 aliphatic heterocycles. The third-order valence-electron chi connectivity index (χ3n) is 5.07. The molecule has 0 atom stereocenters. The number of carbonyl (C=O) groups is 1. The molecular weight excluding hydrogens is 412 g/mol. The van der Waals surface area contributed by atoms with Gasteiger partial charge >= 0.3 is 5.97 Å². The van der Waals surface area contributed by atoms with Crippen molar-refractivity contribution in [3.05, 3.63) is 63.9 Å². The maximum Gasteiger partial charge on any atom is 0.316 e. The van der Waals surface area contributed by atoms with Crippen LogP contribution in [0.3, 0.4) is 0 Å². The monoisotopic (exact) mass is 436 g/mol. The lowest BCUT2D eigenvalue weighted by molar-refractivity contribution is -0.140. The third kappa shape index (κ3) is 4.07. The molecular formula is C23H24N4O3S. The van der Waals surface area contributed by atoms with Crippen LogP contribution in [-0.2, 0) is 9.53 Å². The van der Waals surface area contributed by atoms with E-state index in [0.29, 0.717) is 28.4 Å². The molecule has 7 nitrogen and oxygen atoms in total. The Morgan fingerprint density at radius 1 is 1.13 bits per heavy atom. The van der Waals surface area contributed by atoms with Crippen LogP contribution in [0.4, 0.5) is 0 Å². The van der Waals surface area contributed by atoms with E-state index >= 15 is 0 Å². The van der Waals surface area contributed by atoms with Gasteiger partial charge in [-0.25, -0.2) is 4.57 Å². The molecule has 0 amide bonds. The number of hydrogen-bond acceptors (Lipinski definition) is 6. The van der Waals surface area contributed by atoms with Crippen molar-refractivity contribution < 1.29 is 9.53 Å². The summed E-state index contributed by atoms with van der Waals surface area (Å²) in [5.74, 6) is 0.251. The molecule has 4 aromatic rings. The Morgan fingerprint density at radius 3 is 2.71 bits per heavy atom. The molecule has 0 unspecified atom stereocenters. The quantitative estimate of drug-likeness (QED) is 0.247. The molecule has 31 heavy (non-hydrogen) atoms. The van der Waals surface area contributed by atoms with Crippen LogP contribution in [0.5, 0.6) is 0 Å². The highest BCUT2D eigenvalue weighted by Gasteiger charge is 2.19. The summed E-state index contributed by atoms with van der Waals surface area (Å²) in [6.07, 6.45) is 1.81. The van der Waals surface area contributed by atoms with Crippen molar-refractivity contribution in [2.24, 2.45) is 0 Å². The molecule has 2 aromatic carbocycles. The van der Waals surface area contributed by atoms with Crippen molar-refractivity contribution in [3.8, 4) is 5.69 Å². The van der Waals surface area contributed by atoms with Crippen LogP contribution in [0.1, 0.15) is 30.9 Å². The number of esters is 1. The van der Waals surface area contributed by atoms with E-state index in [0.717, 1.165) is 29.7 Å². The summed E-state index contributed by atoms with van der Waals surface area (Å²) in [5.41, 5.74) is 3.39. The zero-order valence-electron chi connectivity index (χ0n) is 17.8. The predicted molar refractivity (Wildman–Crippen MR) is 122 cm³/mol. The van der Waals surface area contributed by atoms with E-state index in [9.17, 15) is 9.59 Å². The van der Waals surface area contributed by atoms with Crippen LogP contribution >= 0.6 is 11.8 Å². The summed E-state index contributed by atoms with van der Waals surface area (Å²) in [6, 6.07) is 13.3. The molecule has 0 saturated heterocycles. The van der Waals surface area contributed by atoms with E-state index in [2.05, 4.69) is 10.2 Å². The van der Waals surface area contributed by atoms with Crippen molar-refractivity contribution in [2.75, 3.05) is 12.4 Å². The first-order valence-electron chi connectivity index (χ1n) is 10.3. The Kier molecular flexibility index (Phi) is 6.08. The second kappa shape index (κ2) is 8.93. The number of hydrogen-bond donors (Lipinski definition) is 0. The minimum atomic E-state index is -0.290. The topological polar surface area (TPSA) is 78.5 Å². The summed E-state index contributed by atoms with van der Waals surface area (Å²) in [6.45, 7) is 6.46. The van der Waals surface area contributed by atoms with E-state index < -0.39 is 0 Å². The van der Waals surface area contributed by atoms with Gasteiger partial charge in [0.2, 0.25) is 5.78 Å². The Morgan fingerprint density at radius 2 is 1.94 bits per heavy atom. The molecule has 0 spiro atoms. The Balaban J connectivity index is 1.84. The summed E-state index contributed by atoms with van der Waals surface area (Å²) < 4.78 is 8.67. The average molecular weight is 437 g/mol. The maximum atomic E-state index is 13.4. The molecule has 0 saturated carbocycles. The first-order valence-corrected chi connectivity index (χ1v) is 11.2. The Labute approximate surface area is 184 Å². The van der Waals surface area contributed by atoms with Gasteiger partial charge in [0.05, 0.1) is 29.0 Å². The normalized spacial score (nSPS) is 11.3. The minimum Gasteiger partial charge on any atom is -0.465 e. The van der Waals surface area contributed by atoms with Gasteiger partial charge in [-0.1, -0.05) is 54.9 Å². The van der Waals surface area contributed by atoms with Gasteiger partial charge < -0.3 is 4.74 Å². The molecule has 0 aliphatic carbocycles. The van der Waals surface area contributed by atoms with Gasteiger partial charge in [0.1, 0.15) is 0 Å². The van der Waals surface area contributed by atoms with Crippen LogP contribution in [0.15, 0.2) is 52.4 Å². The van der Waals surface area contributed by atoms with E-state index in [4.69, 9.17) is 4.74 Å². The highest BCUT2D eigenvalue weighted by Crippen LogP contribution is 2.24. The number of fused-ring (bicyclic) bond motifs is 3. The summed E-state index contributed by atoms with van der Waals surface area (Å²) >= 11 is 1.25. The van der Waals surface area contributed by atoms with Gasteiger partial charge in [0.25, 0.3) is 5.56 Å². The fourth-order valence-electron chi connectivity index (χ4n) is 3.54. The summed E-state index contributed by atoms with van der Waals surface area (Å²) in [5, 5.41) is 9.72. The van der Waals surface area contributed by atoms with E-state index in [1.54, 1.807) is 10.6 Å². The molecule has 0 radical (unpaired) electrons. The summed E-state index contributed by atoms with van der Waals surface area (Å²) in [7, 11) is 0. The average Bonchev–Trinajstić information content (AvgIpc) is 3.18. The second-order valence-electron chi connectivity index (χ2n) is 7.43. The smallest absolute Gasteiger partial charge is 0.316 e. The number of ether oxygens (including phenoxy) is 1. The number of aryl methyl sites for hydroxylation is 2. The first kappa shape index (κ1) is 21.1. The lowest BCUT2D eigenvalue weighted by Crippen LogP contribution is -2.22. The molecule has 2 aromatic heterocycles. The van der Waals surface area contributed by atoms with E-state index in [-0.39, 0.29) is 17.3 Å². The van der Waals surface area contributed by atoms with Crippen LogP contribution in [0, 0.1) is 13.8 Å². The molecule has 0 aliphatic rings. The fraction of sp³-hybridized carbons (Fsp3) is 0.304. The maximum absolute atomic E-state index is 13.4. The lowest BCUT2D eigenvalue weighted by Gasteiger charge is -2.13. The van der Waals surface area contributed by atoms with E-state index in [1.807, 2.05) is 61.6 Å². The van der Waals surface area contributed by atoms with Crippen molar-refractivity contribution >= 4 is 34.4 Å². The largest absolute Gasteiger partial charge is 0.465 e. The minimum absolute atomic E-state index is 0.127. The fourth-order valence-corrected chi connectivity index (χ4v) is 4.28. The number of benzene rings is 2. The van der Waals surface area contributed by atoms with Gasteiger partial charge in [-0.05, 0) is 44.0 Å². The SMILES string of the molecule is CCCCOC(=O)CSc1nnc2n(-c3ccc(C)cc3C)c(=O)c3ccccc3n12. The number of thioether (sulfide) groups is 1.